The predicted molar refractivity (Wildman–Crippen MR) is 88.8 cm³/mol. The lowest BCUT2D eigenvalue weighted by Crippen LogP contribution is -2.40. The van der Waals surface area contributed by atoms with Crippen molar-refractivity contribution >= 4 is 18.3 Å². The van der Waals surface area contributed by atoms with E-state index in [1.807, 2.05) is 23.1 Å². The lowest BCUT2D eigenvalue weighted by atomic mass is 9.88. The third-order valence-electron chi connectivity index (χ3n) is 4.70. The van der Waals surface area contributed by atoms with Crippen molar-refractivity contribution in [1.29, 1.82) is 0 Å². The molecule has 2 aliphatic rings. The van der Waals surface area contributed by atoms with Gasteiger partial charge in [0.15, 0.2) is 0 Å². The van der Waals surface area contributed by atoms with Crippen LogP contribution in [0.15, 0.2) is 30.3 Å². The van der Waals surface area contributed by atoms with Crippen LogP contribution in [0, 0.1) is 11.8 Å². The van der Waals surface area contributed by atoms with E-state index in [0.29, 0.717) is 12.5 Å². The van der Waals surface area contributed by atoms with E-state index in [9.17, 15) is 4.79 Å². The van der Waals surface area contributed by atoms with Crippen LogP contribution in [0.2, 0.25) is 0 Å². The molecule has 0 aromatic heterocycles. The smallest absolute Gasteiger partial charge is 0.228 e. The number of carbonyl (C=O) groups excluding carboxylic acids is 1. The number of halogens is 1. The van der Waals surface area contributed by atoms with Gasteiger partial charge in [0.1, 0.15) is 0 Å². The molecule has 2 aliphatic heterocycles. The summed E-state index contributed by atoms with van der Waals surface area (Å²) < 4.78 is 5.94. The molecule has 0 spiro atoms. The molecule has 0 bridgehead atoms. The maximum absolute atomic E-state index is 12.9. The first-order valence-electron chi connectivity index (χ1n) is 7.95. The van der Waals surface area contributed by atoms with Crippen LogP contribution in [-0.4, -0.2) is 37.0 Å². The summed E-state index contributed by atoms with van der Waals surface area (Å²) in [6.45, 7) is 3.08. The summed E-state index contributed by atoms with van der Waals surface area (Å²) in [6, 6.07) is 10.1. The fourth-order valence-corrected chi connectivity index (χ4v) is 3.47. The van der Waals surface area contributed by atoms with Gasteiger partial charge in [0.05, 0.1) is 12.0 Å². The van der Waals surface area contributed by atoms with E-state index in [4.69, 9.17) is 10.5 Å². The highest BCUT2D eigenvalue weighted by molar-refractivity contribution is 5.85. The van der Waals surface area contributed by atoms with Crippen LogP contribution in [0.5, 0.6) is 0 Å². The molecule has 22 heavy (non-hydrogen) atoms. The van der Waals surface area contributed by atoms with Gasteiger partial charge in [0.2, 0.25) is 5.91 Å². The van der Waals surface area contributed by atoms with E-state index in [-0.39, 0.29) is 30.3 Å². The van der Waals surface area contributed by atoms with Gasteiger partial charge in [-0.15, -0.1) is 12.4 Å². The molecule has 1 aromatic rings. The predicted octanol–water partition coefficient (Wildman–Crippen LogP) is 2.38. The van der Waals surface area contributed by atoms with Crippen LogP contribution >= 0.6 is 12.4 Å². The first-order valence-corrected chi connectivity index (χ1v) is 7.95. The van der Waals surface area contributed by atoms with Crippen molar-refractivity contribution in [3.8, 4) is 0 Å². The van der Waals surface area contributed by atoms with E-state index in [0.717, 1.165) is 44.5 Å². The minimum Gasteiger partial charge on any atom is -0.373 e. The third kappa shape index (κ3) is 3.62. The Morgan fingerprint density at radius 1 is 1.27 bits per heavy atom. The van der Waals surface area contributed by atoms with Gasteiger partial charge in [0, 0.05) is 19.7 Å². The second-order valence-corrected chi connectivity index (χ2v) is 6.13. The van der Waals surface area contributed by atoms with Crippen LogP contribution in [-0.2, 0) is 9.53 Å². The summed E-state index contributed by atoms with van der Waals surface area (Å²) in [5, 5.41) is 0. The third-order valence-corrected chi connectivity index (χ3v) is 4.70. The Kier molecular flexibility index (Phi) is 6.24. The summed E-state index contributed by atoms with van der Waals surface area (Å²) >= 11 is 0. The molecular formula is C17H25ClN2O2. The van der Waals surface area contributed by atoms with Crippen LogP contribution in [0.3, 0.4) is 0 Å². The Morgan fingerprint density at radius 2 is 2.05 bits per heavy atom. The van der Waals surface area contributed by atoms with Gasteiger partial charge in [-0.1, -0.05) is 30.3 Å². The summed E-state index contributed by atoms with van der Waals surface area (Å²) in [4.78, 5) is 14.8. The van der Waals surface area contributed by atoms with Crippen LogP contribution < -0.4 is 5.73 Å². The normalized spacial score (nSPS) is 28.2. The van der Waals surface area contributed by atoms with Crippen molar-refractivity contribution in [1.82, 2.24) is 4.90 Å². The number of hydrogen-bond acceptors (Lipinski definition) is 3. The molecule has 5 heteroatoms. The minimum absolute atomic E-state index is 0. The average molecular weight is 325 g/mol. The Morgan fingerprint density at radius 3 is 2.73 bits per heavy atom. The summed E-state index contributed by atoms with van der Waals surface area (Å²) in [7, 11) is 0. The van der Waals surface area contributed by atoms with Crippen molar-refractivity contribution in [2.45, 2.75) is 25.4 Å². The molecule has 2 heterocycles. The Labute approximate surface area is 138 Å². The van der Waals surface area contributed by atoms with Gasteiger partial charge in [-0.25, -0.2) is 0 Å². The number of nitrogens with two attached hydrogens (primary N) is 1. The summed E-state index contributed by atoms with van der Waals surface area (Å²) in [5.74, 6) is 0.672. The maximum atomic E-state index is 12.9. The van der Waals surface area contributed by atoms with E-state index in [1.54, 1.807) is 0 Å². The van der Waals surface area contributed by atoms with Gasteiger partial charge >= 0.3 is 0 Å². The van der Waals surface area contributed by atoms with E-state index >= 15 is 0 Å². The largest absolute Gasteiger partial charge is 0.373 e. The molecule has 3 atom stereocenters. The average Bonchev–Trinajstić information content (AvgIpc) is 3.04. The number of ether oxygens (including phenoxy) is 1. The van der Waals surface area contributed by atoms with E-state index < -0.39 is 0 Å². The zero-order valence-electron chi connectivity index (χ0n) is 12.8. The van der Waals surface area contributed by atoms with Gasteiger partial charge in [-0.05, 0) is 37.3 Å². The molecule has 0 aliphatic carbocycles. The van der Waals surface area contributed by atoms with E-state index in [2.05, 4.69) is 12.1 Å². The Hall–Kier alpha value is -1.10. The number of amides is 1. The zero-order chi connectivity index (χ0) is 14.7. The highest BCUT2D eigenvalue weighted by Crippen LogP contribution is 2.35. The topological polar surface area (TPSA) is 55.6 Å². The zero-order valence-corrected chi connectivity index (χ0v) is 13.6. The van der Waals surface area contributed by atoms with Crippen molar-refractivity contribution in [3.63, 3.8) is 0 Å². The van der Waals surface area contributed by atoms with Gasteiger partial charge in [-0.2, -0.15) is 0 Å². The number of benzene rings is 1. The number of likely N-dealkylation sites (tertiary alicyclic amines) is 1. The van der Waals surface area contributed by atoms with Crippen molar-refractivity contribution in [2.75, 3.05) is 26.2 Å². The Balaban J connectivity index is 0.00000176. The molecular weight excluding hydrogens is 300 g/mol. The second kappa shape index (κ2) is 7.95. The molecule has 122 valence electrons. The monoisotopic (exact) mass is 324 g/mol. The molecule has 4 nitrogen and oxygen atoms in total. The van der Waals surface area contributed by atoms with Crippen LogP contribution in [0.4, 0.5) is 0 Å². The van der Waals surface area contributed by atoms with Crippen molar-refractivity contribution in [2.24, 2.45) is 17.6 Å². The lowest BCUT2D eigenvalue weighted by Gasteiger charge is -2.33. The second-order valence-electron chi connectivity index (χ2n) is 6.13. The number of rotatable bonds is 3. The van der Waals surface area contributed by atoms with Crippen LogP contribution in [0.25, 0.3) is 0 Å². The Bertz CT molecular complexity index is 483. The van der Waals surface area contributed by atoms with E-state index in [1.165, 1.54) is 0 Å². The fourth-order valence-electron chi connectivity index (χ4n) is 3.47. The molecule has 2 N–H and O–H groups in total. The van der Waals surface area contributed by atoms with Gasteiger partial charge in [0.25, 0.3) is 0 Å². The minimum atomic E-state index is -0.0932. The molecule has 2 fully saturated rings. The maximum Gasteiger partial charge on any atom is 0.228 e. The molecule has 3 rings (SSSR count). The number of carbonyl (C=O) groups is 1. The number of hydrogen-bond donors (Lipinski definition) is 1. The quantitative estimate of drug-likeness (QED) is 0.928. The molecule has 2 saturated heterocycles. The highest BCUT2D eigenvalue weighted by Gasteiger charge is 2.37. The lowest BCUT2D eigenvalue weighted by molar-refractivity contribution is -0.144. The van der Waals surface area contributed by atoms with Crippen molar-refractivity contribution in [3.05, 3.63) is 35.9 Å². The molecule has 0 saturated carbocycles. The standard InChI is InChI=1S/C17H24N2O2.ClH/c18-11-13-8-9-19(12-13)17(20)15-7-4-10-21-16(15)14-5-2-1-3-6-14;/h1-3,5-6,13,15-16H,4,7-12,18H2;1H. The SMILES string of the molecule is Cl.NCC1CCN(C(=O)C2CCCOC2c2ccccc2)C1. The van der Waals surface area contributed by atoms with Crippen molar-refractivity contribution < 1.29 is 9.53 Å². The highest BCUT2D eigenvalue weighted by atomic mass is 35.5. The summed E-state index contributed by atoms with van der Waals surface area (Å²) in [5.41, 5.74) is 6.85. The molecule has 1 aromatic carbocycles. The first kappa shape index (κ1) is 17.3. The fraction of sp³-hybridized carbons (Fsp3) is 0.588. The molecule has 3 unspecified atom stereocenters. The number of nitrogens with zero attached hydrogens (tertiary/aromatic N) is 1. The molecule has 0 radical (unpaired) electrons. The summed E-state index contributed by atoms with van der Waals surface area (Å²) in [6.07, 6.45) is 2.83. The van der Waals surface area contributed by atoms with Gasteiger partial charge < -0.3 is 15.4 Å². The van der Waals surface area contributed by atoms with Crippen LogP contribution in [0.1, 0.15) is 30.9 Å². The molecule has 1 amide bonds. The van der Waals surface area contributed by atoms with Gasteiger partial charge in [-0.3, -0.25) is 4.79 Å². The first-order chi connectivity index (χ1) is 10.3.